The molecule has 0 aromatic heterocycles. The summed E-state index contributed by atoms with van der Waals surface area (Å²) in [5, 5.41) is 7.21. The van der Waals surface area contributed by atoms with Crippen LogP contribution < -0.4 is 10.6 Å². The summed E-state index contributed by atoms with van der Waals surface area (Å²) in [6.45, 7) is 7.27. The molecule has 0 spiro atoms. The summed E-state index contributed by atoms with van der Waals surface area (Å²) < 4.78 is 5.55. The van der Waals surface area contributed by atoms with Crippen LogP contribution in [0.4, 0.5) is 0 Å². The third-order valence-corrected chi connectivity index (χ3v) is 3.37. The Labute approximate surface area is 132 Å². The Morgan fingerprint density at radius 3 is 2.67 bits per heavy atom. The minimum absolute atomic E-state index is 0.646. The van der Waals surface area contributed by atoms with Crippen molar-refractivity contribution in [1.82, 2.24) is 10.6 Å². The maximum Gasteiger partial charge on any atom is 0.191 e. The summed E-state index contributed by atoms with van der Waals surface area (Å²) in [7, 11) is 1.75. The van der Waals surface area contributed by atoms with Gasteiger partial charge in [-0.3, -0.25) is 4.99 Å². The van der Waals surface area contributed by atoms with Crippen LogP contribution in [0.3, 0.4) is 0 Å². The van der Waals surface area contributed by atoms with Crippen molar-refractivity contribution >= 4 is 17.6 Å². The van der Waals surface area contributed by atoms with Gasteiger partial charge in [0, 0.05) is 31.8 Å². The molecule has 1 rings (SSSR count). The lowest BCUT2D eigenvalue weighted by atomic mass is 10.1. The molecular formula is C16H26ClN3O. The van der Waals surface area contributed by atoms with Gasteiger partial charge >= 0.3 is 0 Å². The van der Waals surface area contributed by atoms with Gasteiger partial charge in [0.15, 0.2) is 5.96 Å². The molecule has 0 fully saturated rings. The van der Waals surface area contributed by atoms with Crippen molar-refractivity contribution in [3.8, 4) is 0 Å². The van der Waals surface area contributed by atoms with Crippen LogP contribution in [0.2, 0.25) is 5.02 Å². The molecule has 5 heteroatoms. The van der Waals surface area contributed by atoms with E-state index in [1.165, 1.54) is 0 Å². The number of halogens is 1. The van der Waals surface area contributed by atoms with E-state index in [0.29, 0.717) is 19.1 Å². The zero-order chi connectivity index (χ0) is 15.5. The van der Waals surface area contributed by atoms with Crippen LogP contribution in [0, 0.1) is 5.92 Å². The first kappa shape index (κ1) is 17.8. The Morgan fingerprint density at radius 2 is 2.00 bits per heavy atom. The predicted molar refractivity (Wildman–Crippen MR) is 89.9 cm³/mol. The second-order valence-electron chi connectivity index (χ2n) is 5.24. The first-order valence-corrected chi connectivity index (χ1v) is 7.77. The van der Waals surface area contributed by atoms with Crippen molar-refractivity contribution in [3.63, 3.8) is 0 Å². The second kappa shape index (κ2) is 10.5. The van der Waals surface area contributed by atoms with Gasteiger partial charge in [-0.1, -0.05) is 43.6 Å². The highest BCUT2D eigenvalue weighted by Crippen LogP contribution is 2.14. The fourth-order valence-corrected chi connectivity index (χ4v) is 1.91. The molecule has 1 aromatic rings. The van der Waals surface area contributed by atoms with Crippen molar-refractivity contribution in [2.75, 3.05) is 26.8 Å². The van der Waals surface area contributed by atoms with Gasteiger partial charge in [-0.15, -0.1) is 0 Å². The van der Waals surface area contributed by atoms with Crippen molar-refractivity contribution in [2.24, 2.45) is 10.9 Å². The molecule has 0 bridgehead atoms. The fourth-order valence-electron chi connectivity index (χ4n) is 1.70. The zero-order valence-electron chi connectivity index (χ0n) is 13.2. The summed E-state index contributed by atoms with van der Waals surface area (Å²) in [6.07, 6.45) is 1.10. The van der Waals surface area contributed by atoms with Crippen LogP contribution in [-0.2, 0) is 11.3 Å². The monoisotopic (exact) mass is 311 g/mol. The van der Waals surface area contributed by atoms with Crippen molar-refractivity contribution in [3.05, 3.63) is 34.9 Å². The number of aliphatic imine (C=N–C) groups is 1. The molecular weight excluding hydrogens is 286 g/mol. The van der Waals surface area contributed by atoms with Crippen LogP contribution in [0.25, 0.3) is 0 Å². The summed E-state index contributed by atoms with van der Waals surface area (Å²) in [4.78, 5) is 4.17. The second-order valence-corrected chi connectivity index (χ2v) is 5.65. The van der Waals surface area contributed by atoms with Crippen LogP contribution in [0.1, 0.15) is 25.8 Å². The van der Waals surface area contributed by atoms with Gasteiger partial charge in [0.2, 0.25) is 0 Å². The third kappa shape index (κ3) is 7.93. The number of hydrogen-bond acceptors (Lipinski definition) is 2. The molecule has 4 nitrogen and oxygen atoms in total. The predicted octanol–water partition coefficient (Wildman–Crippen LogP) is 3.07. The van der Waals surface area contributed by atoms with Crippen LogP contribution in [0.15, 0.2) is 29.3 Å². The van der Waals surface area contributed by atoms with Crippen LogP contribution >= 0.6 is 11.6 Å². The number of nitrogens with one attached hydrogen (secondary N) is 2. The molecule has 0 aliphatic heterocycles. The normalized spacial score (nSPS) is 11.8. The van der Waals surface area contributed by atoms with Gasteiger partial charge in [0.1, 0.15) is 0 Å². The van der Waals surface area contributed by atoms with E-state index in [4.69, 9.17) is 16.3 Å². The summed E-state index contributed by atoms with van der Waals surface area (Å²) in [5.74, 6) is 1.44. The van der Waals surface area contributed by atoms with E-state index in [0.717, 1.165) is 36.1 Å². The molecule has 0 heterocycles. The number of benzene rings is 1. The SMILES string of the molecule is CN=C(NCCOCCC(C)C)NCc1ccccc1Cl. The quantitative estimate of drug-likeness (QED) is 0.440. The Bertz CT molecular complexity index is 435. The lowest BCUT2D eigenvalue weighted by Crippen LogP contribution is -2.38. The molecule has 0 aliphatic rings. The Morgan fingerprint density at radius 1 is 1.24 bits per heavy atom. The van der Waals surface area contributed by atoms with Gasteiger partial charge in [-0.2, -0.15) is 0 Å². The smallest absolute Gasteiger partial charge is 0.191 e. The van der Waals surface area contributed by atoms with E-state index >= 15 is 0 Å². The average Bonchev–Trinajstić information content (AvgIpc) is 2.47. The molecule has 0 unspecified atom stereocenters. The van der Waals surface area contributed by atoms with Crippen molar-refractivity contribution in [1.29, 1.82) is 0 Å². The summed E-state index contributed by atoms with van der Waals surface area (Å²) in [6, 6.07) is 7.78. The van der Waals surface area contributed by atoms with Crippen LogP contribution in [0.5, 0.6) is 0 Å². The molecule has 21 heavy (non-hydrogen) atoms. The Balaban J connectivity index is 2.19. The zero-order valence-corrected chi connectivity index (χ0v) is 13.9. The van der Waals surface area contributed by atoms with Gasteiger partial charge in [0.25, 0.3) is 0 Å². The number of nitrogens with zero attached hydrogens (tertiary/aromatic N) is 1. The lowest BCUT2D eigenvalue weighted by molar-refractivity contribution is 0.128. The van der Waals surface area contributed by atoms with Gasteiger partial charge < -0.3 is 15.4 Å². The van der Waals surface area contributed by atoms with Crippen LogP contribution in [-0.4, -0.2) is 32.8 Å². The summed E-state index contributed by atoms with van der Waals surface area (Å²) >= 11 is 6.12. The standard InChI is InChI=1S/C16H26ClN3O/c1-13(2)8-10-21-11-9-19-16(18-3)20-12-14-6-4-5-7-15(14)17/h4-7,13H,8-12H2,1-3H3,(H2,18,19,20). The number of ether oxygens (including phenoxy) is 1. The largest absolute Gasteiger partial charge is 0.380 e. The van der Waals surface area contributed by atoms with Crippen molar-refractivity contribution < 1.29 is 4.74 Å². The molecule has 0 amide bonds. The summed E-state index contributed by atoms with van der Waals surface area (Å²) in [5.41, 5.74) is 1.05. The molecule has 0 atom stereocenters. The number of hydrogen-bond donors (Lipinski definition) is 2. The van der Waals surface area contributed by atoms with Gasteiger partial charge in [0.05, 0.1) is 6.61 Å². The average molecular weight is 312 g/mol. The first-order chi connectivity index (χ1) is 10.1. The maximum absolute atomic E-state index is 6.12. The van der Waals surface area contributed by atoms with E-state index in [1.807, 2.05) is 24.3 Å². The minimum atomic E-state index is 0.646. The van der Waals surface area contributed by atoms with Gasteiger partial charge in [-0.25, -0.2) is 0 Å². The fraction of sp³-hybridized carbons (Fsp3) is 0.562. The third-order valence-electron chi connectivity index (χ3n) is 3.01. The molecule has 0 aliphatic carbocycles. The highest BCUT2D eigenvalue weighted by Gasteiger charge is 2.01. The molecule has 118 valence electrons. The minimum Gasteiger partial charge on any atom is -0.380 e. The molecule has 0 saturated heterocycles. The topological polar surface area (TPSA) is 45.7 Å². The molecule has 2 N–H and O–H groups in total. The molecule has 0 saturated carbocycles. The first-order valence-electron chi connectivity index (χ1n) is 7.39. The van der Waals surface area contributed by atoms with Gasteiger partial charge in [-0.05, 0) is 24.0 Å². The Kier molecular flexibility index (Phi) is 8.87. The molecule has 0 radical (unpaired) electrons. The van der Waals surface area contributed by atoms with E-state index in [1.54, 1.807) is 7.05 Å². The van der Waals surface area contributed by atoms with E-state index < -0.39 is 0 Å². The lowest BCUT2D eigenvalue weighted by Gasteiger charge is -2.13. The van der Waals surface area contributed by atoms with E-state index in [-0.39, 0.29) is 0 Å². The highest BCUT2D eigenvalue weighted by atomic mass is 35.5. The highest BCUT2D eigenvalue weighted by molar-refractivity contribution is 6.31. The number of rotatable bonds is 8. The maximum atomic E-state index is 6.12. The van der Waals surface area contributed by atoms with E-state index in [9.17, 15) is 0 Å². The molecule has 1 aromatic carbocycles. The van der Waals surface area contributed by atoms with E-state index in [2.05, 4.69) is 29.5 Å². The number of guanidine groups is 1. The Hall–Kier alpha value is -1.26. The van der Waals surface area contributed by atoms with Crippen molar-refractivity contribution in [2.45, 2.75) is 26.8 Å².